The number of allylic oxidation sites excluding steroid dienone is 3. The molecule has 8 heteroatoms. The third-order valence-corrected chi connectivity index (χ3v) is 6.74. The molecule has 1 aliphatic rings. The summed E-state index contributed by atoms with van der Waals surface area (Å²) in [4.78, 5) is 10.5. The number of hydrogen-bond donors (Lipinski definition) is 2. The van der Waals surface area contributed by atoms with Gasteiger partial charge in [0.2, 0.25) is 10.0 Å². The SMILES string of the molecule is O=C(O)/C=C/C/C=C\[C@H]1CCCC[C@@H]1CNS(=O)(=O)c1ccc(Cl)cc1Cl. The van der Waals surface area contributed by atoms with Gasteiger partial charge in [-0.3, -0.25) is 0 Å². The van der Waals surface area contributed by atoms with Crippen LogP contribution in [0.4, 0.5) is 0 Å². The first-order valence-corrected chi connectivity index (χ1v) is 11.0. The Hall–Kier alpha value is -1.34. The van der Waals surface area contributed by atoms with Crippen LogP contribution in [0.15, 0.2) is 47.4 Å². The van der Waals surface area contributed by atoms with Gasteiger partial charge in [-0.2, -0.15) is 0 Å². The number of benzene rings is 1. The van der Waals surface area contributed by atoms with E-state index in [0.717, 1.165) is 31.8 Å². The van der Waals surface area contributed by atoms with E-state index in [-0.39, 0.29) is 21.8 Å². The molecule has 0 heterocycles. The predicted octanol–water partition coefficient (Wildman–Crippen LogP) is 4.67. The molecule has 0 bridgehead atoms. The molecule has 1 saturated carbocycles. The molecule has 1 aromatic rings. The molecule has 1 fully saturated rings. The summed E-state index contributed by atoms with van der Waals surface area (Å²) in [6.45, 7) is 0.335. The van der Waals surface area contributed by atoms with Crippen molar-refractivity contribution in [3.8, 4) is 0 Å². The van der Waals surface area contributed by atoms with Gasteiger partial charge in [0.1, 0.15) is 4.90 Å². The monoisotopic (exact) mass is 431 g/mol. The van der Waals surface area contributed by atoms with Gasteiger partial charge in [0.05, 0.1) is 5.02 Å². The van der Waals surface area contributed by atoms with Crippen LogP contribution in [-0.2, 0) is 14.8 Å². The average Bonchev–Trinajstić information content (AvgIpc) is 2.60. The second-order valence-electron chi connectivity index (χ2n) is 6.54. The molecule has 0 radical (unpaired) electrons. The minimum atomic E-state index is -3.71. The number of carboxylic acid groups (broad SMARTS) is 1. The molecule has 5 nitrogen and oxygen atoms in total. The van der Waals surface area contributed by atoms with E-state index in [2.05, 4.69) is 10.8 Å². The number of hydrogen-bond acceptors (Lipinski definition) is 3. The van der Waals surface area contributed by atoms with Crippen molar-refractivity contribution < 1.29 is 18.3 Å². The summed E-state index contributed by atoms with van der Waals surface area (Å²) in [5.74, 6) is -0.506. The van der Waals surface area contributed by atoms with E-state index in [1.54, 1.807) is 6.08 Å². The Morgan fingerprint density at radius 3 is 2.67 bits per heavy atom. The molecule has 2 N–H and O–H groups in total. The minimum absolute atomic E-state index is 0.0234. The fourth-order valence-corrected chi connectivity index (χ4v) is 5.10. The van der Waals surface area contributed by atoms with Crippen molar-refractivity contribution >= 4 is 39.2 Å². The first-order chi connectivity index (χ1) is 12.8. The summed E-state index contributed by atoms with van der Waals surface area (Å²) in [7, 11) is -3.71. The van der Waals surface area contributed by atoms with Gasteiger partial charge in [0.15, 0.2) is 0 Å². The lowest BCUT2D eigenvalue weighted by Crippen LogP contribution is -2.33. The lowest BCUT2D eigenvalue weighted by molar-refractivity contribution is -0.131. The molecule has 0 aromatic heterocycles. The van der Waals surface area contributed by atoms with Crippen molar-refractivity contribution in [2.24, 2.45) is 11.8 Å². The average molecular weight is 432 g/mol. The first kappa shape index (κ1) is 22.0. The van der Waals surface area contributed by atoms with E-state index in [1.807, 2.05) is 6.08 Å². The molecule has 0 aliphatic heterocycles. The smallest absolute Gasteiger partial charge is 0.327 e. The van der Waals surface area contributed by atoms with Gasteiger partial charge >= 0.3 is 5.97 Å². The maximum Gasteiger partial charge on any atom is 0.327 e. The van der Waals surface area contributed by atoms with Gasteiger partial charge in [-0.05, 0) is 49.3 Å². The Morgan fingerprint density at radius 1 is 1.22 bits per heavy atom. The van der Waals surface area contributed by atoms with Crippen LogP contribution in [0.1, 0.15) is 32.1 Å². The lowest BCUT2D eigenvalue weighted by Gasteiger charge is -2.29. The molecule has 0 saturated heterocycles. The van der Waals surface area contributed by atoms with E-state index >= 15 is 0 Å². The maximum absolute atomic E-state index is 12.6. The van der Waals surface area contributed by atoms with Crippen LogP contribution in [0.3, 0.4) is 0 Å². The van der Waals surface area contributed by atoms with E-state index in [9.17, 15) is 13.2 Å². The largest absolute Gasteiger partial charge is 0.478 e. The van der Waals surface area contributed by atoms with Crippen molar-refractivity contribution in [2.75, 3.05) is 6.54 Å². The number of sulfonamides is 1. The molecule has 0 amide bonds. The summed E-state index contributed by atoms with van der Waals surface area (Å²) < 4.78 is 27.8. The minimum Gasteiger partial charge on any atom is -0.478 e. The molecular formula is C19H23Cl2NO4S. The van der Waals surface area contributed by atoms with Crippen LogP contribution in [0, 0.1) is 11.8 Å². The summed E-state index contributed by atoms with van der Waals surface area (Å²) >= 11 is 11.9. The zero-order valence-corrected chi connectivity index (χ0v) is 17.1. The van der Waals surface area contributed by atoms with Crippen molar-refractivity contribution in [2.45, 2.75) is 37.0 Å². The Balaban J connectivity index is 1.99. The topological polar surface area (TPSA) is 83.5 Å². The summed E-state index contributed by atoms with van der Waals surface area (Å²) in [5.41, 5.74) is 0. The van der Waals surface area contributed by atoms with E-state index in [4.69, 9.17) is 28.3 Å². The first-order valence-electron chi connectivity index (χ1n) is 8.80. The van der Waals surface area contributed by atoms with E-state index < -0.39 is 16.0 Å². The van der Waals surface area contributed by atoms with Crippen LogP contribution >= 0.6 is 23.2 Å². The Morgan fingerprint density at radius 2 is 1.96 bits per heavy atom. The number of halogens is 2. The highest BCUT2D eigenvalue weighted by atomic mass is 35.5. The Labute approximate surface area is 170 Å². The predicted molar refractivity (Wildman–Crippen MR) is 108 cm³/mol. The summed E-state index contributed by atoms with van der Waals surface area (Å²) in [6, 6.07) is 4.31. The van der Waals surface area contributed by atoms with Crippen molar-refractivity contribution in [3.63, 3.8) is 0 Å². The standard InChI is InChI=1S/C19H23Cl2NO4S/c20-16-10-11-18(17(21)12-16)27(25,26)22-13-15-8-5-4-7-14(15)6-2-1-3-9-19(23)24/h2-3,6,9-12,14-15,22H,1,4-5,7-8,13H2,(H,23,24)/b6-2-,9-3+/t14-,15+/m0/s1. The Kier molecular flexibility index (Phi) is 8.35. The third-order valence-electron chi connectivity index (χ3n) is 4.60. The Bertz CT molecular complexity index is 821. The number of carboxylic acids is 1. The lowest BCUT2D eigenvalue weighted by atomic mass is 9.79. The molecule has 0 unspecified atom stereocenters. The maximum atomic E-state index is 12.6. The van der Waals surface area contributed by atoms with Crippen LogP contribution in [-0.4, -0.2) is 26.0 Å². The number of aliphatic carboxylic acids is 1. The van der Waals surface area contributed by atoms with Crippen LogP contribution in [0.25, 0.3) is 0 Å². The highest BCUT2D eigenvalue weighted by Crippen LogP contribution is 2.31. The summed E-state index contributed by atoms with van der Waals surface area (Å²) in [5, 5.41) is 9.07. The van der Waals surface area contributed by atoms with Crippen LogP contribution in [0.5, 0.6) is 0 Å². The van der Waals surface area contributed by atoms with Gasteiger partial charge in [-0.15, -0.1) is 0 Å². The van der Waals surface area contributed by atoms with Crippen molar-refractivity contribution in [1.82, 2.24) is 4.72 Å². The van der Waals surface area contributed by atoms with Gasteiger partial charge < -0.3 is 5.11 Å². The zero-order chi connectivity index (χ0) is 19.9. The fraction of sp³-hybridized carbons (Fsp3) is 0.421. The molecule has 2 rings (SSSR count). The highest BCUT2D eigenvalue weighted by Gasteiger charge is 2.26. The van der Waals surface area contributed by atoms with Crippen LogP contribution in [0.2, 0.25) is 10.0 Å². The molecular weight excluding hydrogens is 409 g/mol. The van der Waals surface area contributed by atoms with Gasteiger partial charge in [-0.1, -0.05) is 54.3 Å². The van der Waals surface area contributed by atoms with Gasteiger partial charge in [-0.25, -0.2) is 17.9 Å². The van der Waals surface area contributed by atoms with Gasteiger partial charge in [0.25, 0.3) is 0 Å². The van der Waals surface area contributed by atoms with Crippen LogP contribution < -0.4 is 4.72 Å². The molecule has 1 aromatic carbocycles. The number of nitrogens with one attached hydrogen (secondary N) is 1. The second kappa shape index (κ2) is 10.3. The molecule has 27 heavy (non-hydrogen) atoms. The molecule has 148 valence electrons. The molecule has 1 aliphatic carbocycles. The van der Waals surface area contributed by atoms with E-state index in [1.165, 1.54) is 18.2 Å². The third kappa shape index (κ3) is 6.96. The molecule has 0 spiro atoms. The quantitative estimate of drug-likeness (QED) is 0.462. The normalized spacial score (nSPS) is 21.1. The number of carbonyl (C=O) groups is 1. The zero-order valence-electron chi connectivity index (χ0n) is 14.8. The second-order valence-corrected chi connectivity index (χ2v) is 9.12. The molecule has 2 atom stereocenters. The number of rotatable bonds is 8. The highest BCUT2D eigenvalue weighted by molar-refractivity contribution is 7.89. The van der Waals surface area contributed by atoms with Crippen molar-refractivity contribution in [1.29, 1.82) is 0 Å². The fourth-order valence-electron chi connectivity index (χ4n) is 3.23. The van der Waals surface area contributed by atoms with Crippen molar-refractivity contribution in [3.05, 3.63) is 52.5 Å². The van der Waals surface area contributed by atoms with Gasteiger partial charge in [0, 0.05) is 17.6 Å². The summed E-state index contributed by atoms with van der Waals surface area (Å²) in [6.07, 6.45) is 11.4. The van der Waals surface area contributed by atoms with E-state index in [0.29, 0.717) is 18.0 Å².